The second-order valence-corrected chi connectivity index (χ2v) is 6.34. The summed E-state index contributed by atoms with van der Waals surface area (Å²) in [5.41, 5.74) is 6.13. The molecule has 1 saturated carbocycles. The van der Waals surface area contributed by atoms with Gasteiger partial charge in [0.2, 0.25) is 0 Å². The molecular formula is C13H24N2OS. The van der Waals surface area contributed by atoms with Crippen LogP contribution in [-0.2, 0) is 4.74 Å². The van der Waals surface area contributed by atoms with Crippen molar-refractivity contribution in [3.05, 3.63) is 0 Å². The van der Waals surface area contributed by atoms with E-state index in [0.717, 1.165) is 18.9 Å². The Bertz CT molecular complexity index is 271. The Morgan fingerprint density at radius 3 is 2.53 bits per heavy atom. The minimum atomic E-state index is 0.444. The molecule has 1 heterocycles. The van der Waals surface area contributed by atoms with Crippen molar-refractivity contribution >= 4 is 17.2 Å². The van der Waals surface area contributed by atoms with Gasteiger partial charge in [-0.05, 0) is 50.1 Å². The molecule has 0 aromatic rings. The molecule has 0 aromatic heterocycles. The van der Waals surface area contributed by atoms with Crippen LogP contribution in [0.15, 0.2) is 0 Å². The van der Waals surface area contributed by atoms with Crippen LogP contribution < -0.4 is 5.73 Å². The molecule has 0 aromatic carbocycles. The minimum absolute atomic E-state index is 0.444. The number of piperidine rings is 1. The van der Waals surface area contributed by atoms with Crippen LogP contribution in [0.2, 0.25) is 0 Å². The van der Waals surface area contributed by atoms with E-state index in [1.807, 2.05) is 0 Å². The van der Waals surface area contributed by atoms with Crippen LogP contribution in [0.25, 0.3) is 0 Å². The fraction of sp³-hybridized carbons (Fsp3) is 0.923. The number of hydrogen-bond donors (Lipinski definition) is 1. The van der Waals surface area contributed by atoms with Gasteiger partial charge in [0.05, 0.1) is 4.99 Å². The zero-order valence-corrected chi connectivity index (χ0v) is 11.6. The van der Waals surface area contributed by atoms with Crippen LogP contribution in [-0.4, -0.2) is 43.2 Å². The predicted octanol–water partition coefficient (Wildman–Crippen LogP) is 1.80. The quantitative estimate of drug-likeness (QED) is 0.736. The lowest BCUT2D eigenvalue weighted by atomic mass is 9.95. The molecule has 4 heteroatoms. The van der Waals surface area contributed by atoms with E-state index in [2.05, 4.69) is 4.90 Å². The van der Waals surface area contributed by atoms with Gasteiger partial charge in [0.1, 0.15) is 0 Å². The molecule has 0 radical (unpaired) electrons. The van der Waals surface area contributed by atoms with Gasteiger partial charge in [-0.3, -0.25) is 0 Å². The Balaban J connectivity index is 1.73. The lowest BCUT2D eigenvalue weighted by molar-refractivity contribution is 0.0908. The fourth-order valence-electron chi connectivity index (χ4n) is 2.96. The van der Waals surface area contributed by atoms with Gasteiger partial charge in [-0.2, -0.15) is 0 Å². The molecule has 0 unspecified atom stereocenters. The monoisotopic (exact) mass is 256 g/mol. The number of thiocarbonyl (C=S) groups is 1. The van der Waals surface area contributed by atoms with Gasteiger partial charge in [-0.15, -0.1) is 0 Å². The van der Waals surface area contributed by atoms with Gasteiger partial charge < -0.3 is 15.4 Å². The van der Waals surface area contributed by atoms with E-state index in [1.54, 1.807) is 7.11 Å². The summed E-state index contributed by atoms with van der Waals surface area (Å²) < 4.78 is 5.23. The summed E-state index contributed by atoms with van der Waals surface area (Å²) >= 11 is 5.05. The summed E-state index contributed by atoms with van der Waals surface area (Å²) in [4.78, 5) is 3.29. The average Bonchev–Trinajstić information content (AvgIpc) is 3.00. The van der Waals surface area contributed by atoms with Gasteiger partial charge in [-0.25, -0.2) is 0 Å². The van der Waals surface area contributed by atoms with Gasteiger partial charge >= 0.3 is 0 Å². The molecule has 0 bridgehead atoms. The molecule has 1 saturated heterocycles. The molecule has 3 nitrogen and oxygen atoms in total. The number of rotatable bonds is 6. The molecular weight excluding hydrogens is 232 g/mol. The SMILES string of the molecule is COCC1CCN(CC2(CC(N)=S)CC2)CC1. The van der Waals surface area contributed by atoms with Gasteiger partial charge in [0.15, 0.2) is 0 Å². The minimum Gasteiger partial charge on any atom is -0.393 e. The van der Waals surface area contributed by atoms with E-state index in [9.17, 15) is 0 Å². The zero-order valence-electron chi connectivity index (χ0n) is 10.8. The van der Waals surface area contributed by atoms with Crippen molar-refractivity contribution < 1.29 is 4.74 Å². The number of hydrogen-bond acceptors (Lipinski definition) is 3. The smallest absolute Gasteiger partial charge is 0.0733 e. The Hall–Kier alpha value is -0.190. The molecule has 1 aliphatic heterocycles. The topological polar surface area (TPSA) is 38.5 Å². The van der Waals surface area contributed by atoms with Gasteiger partial charge in [-0.1, -0.05) is 12.2 Å². The van der Waals surface area contributed by atoms with Crippen LogP contribution in [0.1, 0.15) is 32.1 Å². The van der Waals surface area contributed by atoms with Crippen molar-refractivity contribution in [2.45, 2.75) is 32.1 Å². The van der Waals surface area contributed by atoms with Crippen molar-refractivity contribution in [2.24, 2.45) is 17.1 Å². The first kappa shape index (κ1) is 13.2. The van der Waals surface area contributed by atoms with Crippen LogP contribution >= 0.6 is 12.2 Å². The number of methoxy groups -OCH3 is 1. The molecule has 2 fully saturated rings. The lowest BCUT2D eigenvalue weighted by Crippen LogP contribution is -2.39. The highest BCUT2D eigenvalue weighted by atomic mass is 32.1. The third-order valence-corrected chi connectivity index (χ3v) is 4.32. The lowest BCUT2D eigenvalue weighted by Gasteiger charge is -2.34. The molecule has 2 rings (SSSR count). The summed E-state index contributed by atoms with van der Waals surface area (Å²) in [6.45, 7) is 4.55. The van der Waals surface area contributed by atoms with Crippen molar-refractivity contribution in [3.8, 4) is 0 Å². The van der Waals surface area contributed by atoms with E-state index in [-0.39, 0.29) is 0 Å². The van der Waals surface area contributed by atoms with E-state index < -0.39 is 0 Å². The summed E-state index contributed by atoms with van der Waals surface area (Å²) in [6, 6.07) is 0. The average molecular weight is 256 g/mol. The number of ether oxygens (including phenoxy) is 1. The maximum absolute atomic E-state index is 5.68. The molecule has 98 valence electrons. The third kappa shape index (κ3) is 3.90. The summed E-state index contributed by atoms with van der Waals surface area (Å²) in [5, 5.41) is 0. The van der Waals surface area contributed by atoms with Crippen LogP contribution in [0.4, 0.5) is 0 Å². The standard InChI is InChI=1S/C13H24N2OS/c1-16-9-11-2-6-15(7-3-11)10-13(4-5-13)8-12(14)17/h11H,2-10H2,1H3,(H2,14,17). The normalized spacial score (nSPS) is 24.8. The first-order valence-electron chi connectivity index (χ1n) is 6.63. The van der Waals surface area contributed by atoms with Crippen molar-refractivity contribution in [1.82, 2.24) is 4.90 Å². The third-order valence-electron chi connectivity index (χ3n) is 4.17. The van der Waals surface area contributed by atoms with Gasteiger partial charge in [0.25, 0.3) is 0 Å². The molecule has 2 aliphatic rings. The largest absolute Gasteiger partial charge is 0.393 e. The van der Waals surface area contributed by atoms with E-state index in [4.69, 9.17) is 22.7 Å². The second-order valence-electron chi connectivity index (χ2n) is 5.82. The summed E-state index contributed by atoms with van der Waals surface area (Å²) in [5.74, 6) is 0.766. The predicted molar refractivity (Wildman–Crippen MR) is 74.1 cm³/mol. The summed E-state index contributed by atoms with van der Waals surface area (Å²) in [7, 11) is 1.80. The van der Waals surface area contributed by atoms with E-state index in [1.165, 1.54) is 45.3 Å². The molecule has 0 amide bonds. The maximum atomic E-state index is 5.68. The Kier molecular flexibility index (Phi) is 4.39. The van der Waals surface area contributed by atoms with Crippen LogP contribution in [0.5, 0.6) is 0 Å². The Morgan fingerprint density at radius 1 is 1.41 bits per heavy atom. The zero-order chi connectivity index (χ0) is 12.3. The Morgan fingerprint density at radius 2 is 2.06 bits per heavy atom. The molecule has 0 spiro atoms. The Labute approximate surface area is 110 Å². The van der Waals surface area contributed by atoms with Gasteiger partial charge in [0, 0.05) is 26.7 Å². The number of nitrogens with zero attached hydrogens (tertiary/aromatic N) is 1. The number of nitrogens with two attached hydrogens (primary N) is 1. The number of likely N-dealkylation sites (tertiary alicyclic amines) is 1. The highest BCUT2D eigenvalue weighted by Crippen LogP contribution is 2.49. The highest BCUT2D eigenvalue weighted by Gasteiger charge is 2.44. The van der Waals surface area contributed by atoms with Crippen molar-refractivity contribution in [2.75, 3.05) is 33.4 Å². The summed E-state index contributed by atoms with van der Waals surface area (Å²) in [6.07, 6.45) is 6.11. The van der Waals surface area contributed by atoms with Crippen molar-refractivity contribution in [1.29, 1.82) is 0 Å². The maximum Gasteiger partial charge on any atom is 0.0733 e. The highest BCUT2D eigenvalue weighted by molar-refractivity contribution is 7.80. The molecule has 2 N–H and O–H groups in total. The van der Waals surface area contributed by atoms with Crippen LogP contribution in [0.3, 0.4) is 0 Å². The fourth-order valence-corrected chi connectivity index (χ4v) is 3.26. The first-order valence-corrected chi connectivity index (χ1v) is 7.04. The molecule has 1 aliphatic carbocycles. The first-order chi connectivity index (χ1) is 8.13. The molecule has 17 heavy (non-hydrogen) atoms. The van der Waals surface area contributed by atoms with E-state index in [0.29, 0.717) is 10.4 Å². The second kappa shape index (κ2) is 5.63. The van der Waals surface area contributed by atoms with E-state index >= 15 is 0 Å². The van der Waals surface area contributed by atoms with Crippen molar-refractivity contribution in [3.63, 3.8) is 0 Å². The van der Waals surface area contributed by atoms with Crippen LogP contribution in [0, 0.1) is 11.3 Å². The molecule has 0 atom stereocenters.